The van der Waals surface area contributed by atoms with Crippen LogP contribution in [-0.4, -0.2) is 23.3 Å². The van der Waals surface area contributed by atoms with Gasteiger partial charge in [-0.1, -0.05) is 23.7 Å². The molecule has 2 aromatic carbocycles. The molecule has 0 radical (unpaired) electrons. The van der Waals surface area contributed by atoms with Gasteiger partial charge < -0.3 is 4.74 Å². The van der Waals surface area contributed by atoms with E-state index in [1.54, 1.807) is 12.1 Å². The van der Waals surface area contributed by atoms with E-state index in [4.69, 9.17) is 16.3 Å². The maximum Gasteiger partial charge on any atom is 0.338 e. The van der Waals surface area contributed by atoms with Gasteiger partial charge in [-0.15, -0.1) is 0 Å². The highest BCUT2D eigenvalue weighted by atomic mass is 35.5. The van der Waals surface area contributed by atoms with Crippen LogP contribution in [0.1, 0.15) is 31.8 Å². The van der Waals surface area contributed by atoms with Gasteiger partial charge in [-0.3, -0.25) is 14.9 Å². The number of nitro benzene ring substituents is 1. The third kappa shape index (κ3) is 3.97. The van der Waals surface area contributed by atoms with Gasteiger partial charge in [0.1, 0.15) is 5.02 Å². The minimum Gasteiger partial charge on any atom is -0.454 e. The summed E-state index contributed by atoms with van der Waals surface area (Å²) in [5.74, 6) is -1.18. The first kappa shape index (κ1) is 17.6. The first-order valence-electron chi connectivity index (χ1n) is 7.01. The number of halogens is 1. The van der Waals surface area contributed by atoms with Crippen molar-refractivity contribution >= 4 is 29.0 Å². The monoisotopic (exact) mass is 347 g/mol. The molecular formula is C17H14ClNO5. The van der Waals surface area contributed by atoms with Crippen LogP contribution in [0.2, 0.25) is 5.02 Å². The Kier molecular flexibility index (Phi) is 5.31. The number of nitrogens with zero attached hydrogens (tertiary/aromatic N) is 1. The van der Waals surface area contributed by atoms with E-state index in [-0.39, 0.29) is 16.4 Å². The Labute approximate surface area is 143 Å². The Morgan fingerprint density at radius 3 is 2.38 bits per heavy atom. The normalized spacial score (nSPS) is 10.3. The molecule has 0 atom stereocenters. The molecule has 0 fully saturated rings. The van der Waals surface area contributed by atoms with Crippen molar-refractivity contribution in [1.82, 2.24) is 0 Å². The van der Waals surface area contributed by atoms with Crippen molar-refractivity contribution in [1.29, 1.82) is 0 Å². The average Bonchev–Trinajstić information content (AvgIpc) is 2.55. The number of esters is 1. The summed E-state index contributed by atoms with van der Waals surface area (Å²) in [7, 11) is 0. The molecule has 24 heavy (non-hydrogen) atoms. The van der Waals surface area contributed by atoms with Crippen LogP contribution in [0.25, 0.3) is 0 Å². The number of nitro groups is 1. The fourth-order valence-corrected chi connectivity index (χ4v) is 2.18. The number of carbonyl (C=O) groups excluding carboxylic acids is 2. The summed E-state index contributed by atoms with van der Waals surface area (Å²) in [6, 6.07) is 8.75. The van der Waals surface area contributed by atoms with E-state index in [1.807, 2.05) is 19.9 Å². The largest absolute Gasteiger partial charge is 0.454 e. The highest BCUT2D eigenvalue weighted by molar-refractivity contribution is 6.32. The number of hydrogen-bond donors (Lipinski definition) is 0. The van der Waals surface area contributed by atoms with Crippen molar-refractivity contribution in [3.8, 4) is 0 Å². The van der Waals surface area contributed by atoms with Crippen LogP contribution in [0.3, 0.4) is 0 Å². The highest BCUT2D eigenvalue weighted by Gasteiger charge is 2.18. The molecule has 0 N–H and O–H groups in total. The van der Waals surface area contributed by atoms with Crippen LogP contribution in [0.15, 0.2) is 36.4 Å². The Morgan fingerprint density at radius 2 is 1.75 bits per heavy atom. The van der Waals surface area contributed by atoms with E-state index in [0.717, 1.165) is 17.2 Å². The Balaban J connectivity index is 2.07. The lowest BCUT2D eigenvalue weighted by molar-refractivity contribution is -0.384. The molecule has 0 saturated carbocycles. The van der Waals surface area contributed by atoms with Crippen molar-refractivity contribution in [2.45, 2.75) is 13.8 Å². The Bertz CT molecular complexity index is 832. The summed E-state index contributed by atoms with van der Waals surface area (Å²) in [5, 5.41) is 10.7. The third-order valence-electron chi connectivity index (χ3n) is 3.54. The summed E-state index contributed by atoms with van der Waals surface area (Å²) in [5.41, 5.74) is 2.01. The second kappa shape index (κ2) is 7.23. The molecule has 0 saturated heterocycles. The topological polar surface area (TPSA) is 86.5 Å². The van der Waals surface area contributed by atoms with Crippen LogP contribution < -0.4 is 0 Å². The fraction of sp³-hybridized carbons (Fsp3) is 0.176. The van der Waals surface area contributed by atoms with Gasteiger partial charge in [0.05, 0.1) is 10.5 Å². The second-order valence-corrected chi connectivity index (χ2v) is 5.63. The van der Waals surface area contributed by atoms with Gasteiger partial charge in [0, 0.05) is 11.6 Å². The Morgan fingerprint density at radius 1 is 1.08 bits per heavy atom. The first-order valence-corrected chi connectivity index (χ1v) is 7.39. The van der Waals surface area contributed by atoms with E-state index in [0.29, 0.717) is 5.56 Å². The molecule has 0 aliphatic rings. The molecule has 2 aromatic rings. The molecule has 124 valence electrons. The van der Waals surface area contributed by atoms with E-state index >= 15 is 0 Å². The lowest BCUT2D eigenvalue weighted by atomic mass is 10.0. The van der Waals surface area contributed by atoms with E-state index in [9.17, 15) is 19.7 Å². The number of ether oxygens (including phenoxy) is 1. The van der Waals surface area contributed by atoms with Gasteiger partial charge in [-0.2, -0.15) is 0 Å². The molecule has 0 aliphatic carbocycles. The zero-order valence-electron chi connectivity index (χ0n) is 13.0. The van der Waals surface area contributed by atoms with Crippen LogP contribution in [0.4, 0.5) is 5.69 Å². The third-order valence-corrected chi connectivity index (χ3v) is 3.86. The number of aryl methyl sites for hydroxylation is 2. The molecular weight excluding hydrogens is 334 g/mol. The number of carbonyl (C=O) groups is 2. The standard InChI is InChI=1S/C17H14ClNO5/c1-10-3-4-12(7-11(10)2)16(20)9-24-17(21)13-5-6-14(18)15(8-13)19(22)23/h3-8H,9H2,1-2H3. The molecule has 0 bridgehead atoms. The van der Waals surface area contributed by atoms with Crippen molar-refractivity contribution in [2.75, 3.05) is 6.61 Å². The minimum atomic E-state index is -0.827. The molecule has 0 amide bonds. The van der Waals surface area contributed by atoms with E-state index in [2.05, 4.69) is 0 Å². The number of Topliss-reactive ketones (excluding diaryl/α,β-unsaturated/α-hetero) is 1. The predicted molar refractivity (Wildman–Crippen MR) is 88.6 cm³/mol. The van der Waals surface area contributed by atoms with Crippen molar-refractivity contribution in [3.63, 3.8) is 0 Å². The van der Waals surface area contributed by atoms with Crippen molar-refractivity contribution < 1.29 is 19.2 Å². The summed E-state index contributed by atoms with van der Waals surface area (Å²) in [6.07, 6.45) is 0. The molecule has 7 heteroatoms. The van der Waals surface area contributed by atoms with Gasteiger partial charge in [-0.05, 0) is 43.2 Å². The fourth-order valence-electron chi connectivity index (χ4n) is 1.99. The molecule has 0 heterocycles. The molecule has 6 nitrogen and oxygen atoms in total. The summed E-state index contributed by atoms with van der Waals surface area (Å²) >= 11 is 5.68. The zero-order chi connectivity index (χ0) is 17.9. The predicted octanol–water partition coefficient (Wildman–Crippen LogP) is 3.90. The van der Waals surface area contributed by atoms with Gasteiger partial charge in [0.25, 0.3) is 5.69 Å². The summed E-state index contributed by atoms with van der Waals surface area (Å²) in [6.45, 7) is 3.36. The molecule has 0 spiro atoms. The number of hydrogen-bond acceptors (Lipinski definition) is 5. The maximum absolute atomic E-state index is 12.1. The minimum absolute atomic E-state index is 0.0426. The molecule has 0 unspecified atom stereocenters. The van der Waals surface area contributed by atoms with Crippen molar-refractivity contribution in [3.05, 3.63) is 73.8 Å². The second-order valence-electron chi connectivity index (χ2n) is 5.22. The van der Waals surface area contributed by atoms with Gasteiger partial charge in [0.2, 0.25) is 0 Å². The van der Waals surface area contributed by atoms with Crippen LogP contribution in [0.5, 0.6) is 0 Å². The maximum atomic E-state index is 12.1. The van der Waals surface area contributed by atoms with Gasteiger partial charge >= 0.3 is 5.97 Å². The van der Waals surface area contributed by atoms with Crippen molar-refractivity contribution in [2.24, 2.45) is 0 Å². The smallest absolute Gasteiger partial charge is 0.338 e. The van der Waals surface area contributed by atoms with E-state index in [1.165, 1.54) is 12.1 Å². The highest BCUT2D eigenvalue weighted by Crippen LogP contribution is 2.25. The molecule has 0 aliphatic heterocycles. The Hall–Kier alpha value is -2.73. The van der Waals surface area contributed by atoms with Gasteiger partial charge in [0.15, 0.2) is 12.4 Å². The van der Waals surface area contributed by atoms with Crippen LogP contribution >= 0.6 is 11.6 Å². The number of rotatable bonds is 5. The summed E-state index contributed by atoms with van der Waals surface area (Å²) < 4.78 is 4.93. The SMILES string of the molecule is Cc1ccc(C(=O)COC(=O)c2ccc(Cl)c([N+](=O)[O-])c2)cc1C. The van der Waals surface area contributed by atoms with Crippen LogP contribution in [0, 0.1) is 24.0 Å². The van der Waals surface area contributed by atoms with Gasteiger partial charge in [-0.25, -0.2) is 4.79 Å². The summed E-state index contributed by atoms with van der Waals surface area (Å²) in [4.78, 5) is 34.1. The van der Waals surface area contributed by atoms with Crippen LogP contribution in [-0.2, 0) is 4.74 Å². The van der Waals surface area contributed by atoms with E-state index < -0.39 is 23.2 Å². The lowest BCUT2D eigenvalue weighted by Crippen LogP contribution is -2.14. The number of benzene rings is 2. The molecule has 2 rings (SSSR count). The number of ketones is 1. The quantitative estimate of drug-likeness (QED) is 0.354. The first-order chi connectivity index (χ1) is 11.3. The molecule has 0 aromatic heterocycles. The average molecular weight is 348 g/mol. The zero-order valence-corrected chi connectivity index (χ0v) is 13.8. The lowest BCUT2D eigenvalue weighted by Gasteiger charge is -2.06.